The van der Waals surface area contributed by atoms with Gasteiger partial charge in [-0.2, -0.15) is 0 Å². The highest BCUT2D eigenvalue weighted by atomic mass is 31.2. The van der Waals surface area contributed by atoms with Crippen LogP contribution in [-0.2, 0) is 65.4 Å². The summed E-state index contributed by atoms with van der Waals surface area (Å²) in [6.07, 6.45) is 59.4. The Morgan fingerprint density at radius 3 is 0.628 bits per heavy atom. The average Bonchev–Trinajstić information content (AvgIpc) is 1.44. The molecule has 558 valence electrons. The molecule has 0 aromatic heterocycles. The molecule has 3 N–H and O–H groups in total. The molecular weight excluding hydrogens is 1230 g/mol. The summed E-state index contributed by atoms with van der Waals surface area (Å²) in [5, 5.41) is 10.6. The van der Waals surface area contributed by atoms with Gasteiger partial charge in [-0.25, -0.2) is 9.13 Å². The summed E-state index contributed by atoms with van der Waals surface area (Å²) in [5.74, 6) is -2.11. The van der Waals surface area contributed by atoms with Crippen LogP contribution in [0.5, 0.6) is 0 Å². The predicted octanol–water partition coefficient (Wildman–Crippen LogP) is 22.2. The molecule has 0 spiro atoms. The van der Waals surface area contributed by atoms with Gasteiger partial charge >= 0.3 is 39.5 Å². The van der Waals surface area contributed by atoms with Crippen LogP contribution in [0.3, 0.4) is 0 Å². The third-order valence-corrected chi connectivity index (χ3v) is 19.5. The molecule has 0 aromatic carbocycles. The number of rotatable bonds is 76. The number of carbonyl (C=O) groups excluding carboxylic acids is 4. The van der Waals surface area contributed by atoms with E-state index in [1.165, 1.54) is 231 Å². The first-order chi connectivity index (χ1) is 45.7. The molecule has 0 heterocycles. The van der Waals surface area contributed by atoms with E-state index in [1.54, 1.807) is 0 Å². The normalized spacial score (nSPS) is 13.9. The molecule has 17 nitrogen and oxygen atoms in total. The maximum Gasteiger partial charge on any atom is 0.472 e. The molecule has 0 aliphatic carbocycles. The van der Waals surface area contributed by atoms with Crippen LogP contribution in [0.4, 0.5) is 0 Å². The van der Waals surface area contributed by atoms with Crippen LogP contribution >= 0.6 is 15.6 Å². The lowest BCUT2D eigenvalue weighted by molar-refractivity contribution is -0.161. The van der Waals surface area contributed by atoms with E-state index < -0.39 is 97.5 Å². The van der Waals surface area contributed by atoms with Gasteiger partial charge in [-0.3, -0.25) is 37.3 Å². The molecule has 94 heavy (non-hydrogen) atoms. The summed E-state index contributed by atoms with van der Waals surface area (Å²) in [6.45, 7) is 4.99. The van der Waals surface area contributed by atoms with E-state index in [0.29, 0.717) is 25.7 Å². The minimum absolute atomic E-state index is 0.108. The van der Waals surface area contributed by atoms with Crippen LogP contribution in [0.2, 0.25) is 0 Å². The van der Waals surface area contributed by atoms with Gasteiger partial charge in [-0.1, -0.05) is 349 Å². The Kier molecular flexibility index (Phi) is 68.1. The second-order valence-corrected chi connectivity index (χ2v) is 29.9. The van der Waals surface area contributed by atoms with Crippen molar-refractivity contribution in [2.75, 3.05) is 39.6 Å². The summed E-state index contributed by atoms with van der Waals surface area (Å²) in [7, 11) is -9.91. The fourth-order valence-electron chi connectivity index (χ4n) is 11.6. The summed E-state index contributed by atoms with van der Waals surface area (Å²) < 4.78 is 68.5. The van der Waals surface area contributed by atoms with Gasteiger partial charge < -0.3 is 33.8 Å². The van der Waals surface area contributed by atoms with Crippen molar-refractivity contribution in [1.82, 2.24) is 0 Å². The quantitative estimate of drug-likeness (QED) is 0.0222. The van der Waals surface area contributed by atoms with Gasteiger partial charge in [0.25, 0.3) is 0 Å². The largest absolute Gasteiger partial charge is 0.472 e. The van der Waals surface area contributed by atoms with E-state index in [1.807, 2.05) is 0 Å². The lowest BCUT2D eigenvalue weighted by Gasteiger charge is -2.21. The van der Waals surface area contributed by atoms with Gasteiger partial charge in [-0.15, -0.1) is 0 Å². The molecule has 0 fully saturated rings. The van der Waals surface area contributed by atoms with Crippen LogP contribution in [-0.4, -0.2) is 96.7 Å². The molecule has 2 unspecified atom stereocenters. The van der Waals surface area contributed by atoms with Crippen LogP contribution in [0, 0.1) is 0 Å². The lowest BCUT2D eigenvalue weighted by Crippen LogP contribution is -2.30. The van der Waals surface area contributed by atoms with Gasteiger partial charge in [0.15, 0.2) is 12.2 Å². The Balaban J connectivity index is 5.24. The number of phosphoric acid groups is 2. The number of carbonyl (C=O) groups is 4. The van der Waals surface area contributed by atoms with Gasteiger partial charge in [0.05, 0.1) is 26.4 Å². The molecular formula is C75H146O17P2. The minimum atomic E-state index is -4.95. The van der Waals surface area contributed by atoms with Crippen molar-refractivity contribution in [1.29, 1.82) is 0 Å². The van der Waals surface area contributed by atoms with Crippen molar-refractivity contribution in [2.45, 2.75) is 418 Å². The van der Waals surface area contributed by atoms with E-state index in [-0.39, 0.29) is 25.7 Å². The van der Waals surface area contributed by atoms with Crippen LogP contribution in [0.15, 0.2) is 0 Å². The van der Waals surface area contributed by atoms with E-state index >= 15 is 0 Å². The van der Waals surface area contributed by atoms with E-state index in [9.17, 15) is 43.2 Å². The third-order valence-electron chi connectivity index (χ3n) is 17.6. The molecule has 0 saturated heterocycles. The highest BCUT2D eigenvalue weighted by molar-refractivity contribution is 7.47. The summed E-state index contributed by atoms with van der Waals surface area (Å²) >= 11 is 0. The maximum atomic E-state index is 13.1. The Bertz CT molecular complexity index is 1790. The zero-order valence-electron chi connectivity index (χ0n) is 60.9. The molecule has 0 aliphatic heterocycles. The smallest absolute Gasteiger partial charge is 0.462 e. The fraction of sp³-hybridized carbons (Fsp3) is 0.947. The first kappa shape index (κ1) is 92.1. The minimum Gasteiger partial charge on any atom is -0.462 e. The predicted molar refractivity (Wildman–Crippen MR) is 382 cm³/mol. The van der Waals surface area contributed by atoms with Crippen LogP contribution < -0.4 is 0 Å². The summed E-state index contributed by atoms with van der Waals surface area (Å²) in [5.41, 5.74) is 0. The Hall–Kier alpha value is -1.94. The number of esters is 4. The molecule has 19 heteroatoms. The van der Waals surface area contributed by atoms with Crippen molar-refractivity contribution >= 4 is 39.5 Å². The van der Waals surface area contributed by atoms with Crippen molar-refractivity contribution in [3.05, 3.63) is 0 Å². The first-order valence-corrected chi connectivity index (χ1v) is 42.3. The monoisotopic (exact) mass is 1380 g/mol. The van der Waals surface area contributed by atoms with E-state index in [2.05, 4.69) is 27.7 Å². The Morgan fingerprint density at radius 1 is 0.255 bits per heavy atom. The molecule has 0 radical (unpaired) electrons. The first-order valence-electron chi connectivity index (χ1n) is 39.3. The highest BCUT2D eigenvalue weighted by Crippen LogP contribution is 2.45. The molecule has 0 aromatic rings. The second kappa shape index (κ2) is 69.5. The van der Waals surface area contributed by atoms with Crippen LogP contribution in [0.1, 0.15) is 400 Å². The molecule has 0 bridgehead atoms. The number of unbranched alkanes of at least 4 members (excludes halogenated alkanes) is 50. The zero-order valence-corrected chi connectivity index (χ0v) is 62.7. The molecule has 0 amide bonds. The fourth-order valence-corrected chi connectivity index (χ4v) is 13.2. The summed E-state index contributed by atoms with van der Waals surface area (Å²) in [6, 6.07) is 0. The lowest BCUT2D eigenvalue weighted by atomic mass is 10.0. The molecule has 5 atom stereocenters. The molecule has 0 rings (SSSR count). The topological polar surface area (TPSA) is 237 Å². The number of aliphatic hydroxyl groups is 1. The number of hydrogen-bond donors (Lipinski definition) is 3. The molecule has 0 saturated carbocycles. The number of phosphoric ester groups is 2. The van der Waals surface area contributed by atoms with E-state index in [0.717, 1.165) is 89.9 Å². The Morgan fingerprint density at radius 2 is 0.426 bits per heavy atom. The number of hydrogen-bond acceptors (Lipinski definition) is 15. The maximum absolute atomic E-state index is 13.1. The standard InChI is InChI=1S/C75H146O17P2/c1-5-9-13-17-21-25-29-32-34-36-38-42-46-50-54-58-62-75(80)92-71(66-86-73(78)60-56-52-48-44-41-37-35-33-30-26-22-18-14-10-6-2)68-90-94(83,84)88-64-69(76)63-87-93(81,82)89-67-70(65-85-72(77)59-55-51-47-43-39-28-24-20-16-12-8-4)91-74(79)61-57-53-49-45-40-31-27-23-19-15-11-7-3/h69-71,76H,5-68H2,1-4H3,(H,81,82)(H,83,84)/t69-,70+,71+/m0/s1. The Labute approximate surface area is 575 Å². The van der Waals surface area contributed by atoms with Crippen molar-refractivity contribution < 1.29 is 80.2 Å². The van der Waals surface area contributed by atoms with Gasteiger partial charge in [0.2, 0.25) is 0 Å². The molecule has 0 aliphatic rings. The SMILES string of the molecule is CCCCCCCCCCCCCCCCCCC(=O)O[C@H](COC(=O)CCCCCCCCCCCCCCCCC)COP(=O)(O)OC[C@@H](O)COP(=O)(O)OC[C@@H](COC(=O)CCCCCCCCCCCCC)OC(=O)CCCCCCCCCCCCCC. The van der Waals surface area contributed by atoms with Crippen molar-refractivity contribution in [3.8, 4) is 0 Å². The van der Waals surface area contributed by atoms with Crippen molar-refractivity contribution in [3.63, 3.8) is 0 Å². The number of ether oxygens (including phenoxy) is 4. The van der Waals surface area contributed by atoms with Gasteiger partial charge in [0.1, 0.15) is 19.3 Å². The van der Waals surface area contributed by atoms with Gasteiger partial charge in [-0.05, 0) is 25.7 Å². The van der Waals surface area contributed by atoms with Crippen LogP contribution in [0.25, 0.3) is 0 Å². The highest BCUT2D eigenvalue weighted by Gasteiger charge is 2.30. The zero-order chi connectivity index (χ0) is 69.0. The summed E-state index contributed by atoms with van der Waals surface area (Å²) in [4.78, 5) is 72.8. The second-order valence-electron chi connectivity index (χ2n) is 27.0. The van der Waals surface area contributed by atoms with E-state index in [4.69, 9.17) is 37.0 Å². The number of aliphatic hydroxyl groups excluding tert-OH is 1. The average molecular weight is 1380 g/mol. The van der Waals surface area contributed by atoms with Crippen molar-refractivity contribution in [2.24, 2.45) is 0 Å². The third kappa shape index (κ3) is 68.6. The van der Waals surface area contributed by atoms with Gasteiger partial charge in [0, 0.05) is 25.7 Å².